The third kappa shape index (κ3) is 10.4. The molecule has 1 radical (unpaired) electrons. The van der Waals surface area contributed by atoms with Crippen molar-refractivity contribution in [1.29, 1.82) is 0 Å². The van der Waals surface area contributed by atoms with Gasteiger partial charge in [-0.2, -0.15) is 0 Å². The third-order valence-electron chi connectivity index (χ3n) is 4.25. The Hall–Kier alpha value is -0.0400. The van der Waals surface area contributed by atoms with Crippen LogP contribution in [-0.4, -0.2) is 6.61 Å². The SMILES string of the molecule is CCCCCCCCCCCCCCC[C]1CCO1. The summed E-state index contributed by atoms with van der Waals surface area (Å²) < 4.78 is 5.35. The van der Waals surface area contributed by atoms with E-state index in [2.05, 4.69) is 6.92 Å². The van der Waals surface area contributed by atoms with Crippen LogP contribution in [0.15, 0.2) is 0 Å². The number of ether oxygens (including phenoxy) is 1. The van der Waals surface area contributed by atoms with Crippen LogP contribution in [0, 0.1) is 6.10 Å². The van der Waals surface area contributed by atoms with Gasteiger partial charge < -0.3 is 4.74 Å². The molecule has 1 aliphatic rings. The summed E-state index contributed by atoms with van der Waals surface area (Å²) in [6.07, 6.45) is 22.5. The normalized spacial score (nSPS) is 15.6. The van der Waals surface area contributed by atoms with Crippen LogP contribution >= 0.6 is 0 Å². The van der Waals surface area contributed by atoms with Crippen LogP contribution in [-0.2, 0) is 4.74 Å². The van der Waals surface area contributed by atoms with Gasteiger partial charge in [-0.05, 0) is 6.42 Å². The Bertz CT molecular complexity index is 175. The monoisotopic (exact) mass is 267 g/mol. The summed E-state index contributed by atoms with van der Waals surface area (Å²) in [7, 11) is 0. The van der Waals surface area contributed by atoms with E-state index < -0.39 is 0 Å². The second-order valence-corrected chi connectivity index (χ2v) is 6.13. The molecule has 0 saturated carbocycles. The van der Waals surface area contributed by atoms with Crippen LogP contribution in [0.25, 0.3) is 0 Å². The molecule has 0 unspecified atom stereocenters. The minimum absolute atomic E-state index is 0.980. The van der Waals surface area contributed by atoms with Crippen molar-refractivity contribution in [2.75, 3.05) is 6.61 Å². The van der Waals surface area contributed by atoms with Gasteiger partial charge in [-0.25, -0.2) is 0 Å². The summed E-state index contributed by atoms with van der Waals surface area (Å²) in [4.78, 5) is 0. The van der Waals surface area contributed by atoms with Gasteiger partial charge in [-0.15, -0.1) is 0 Å². The molecule has 0 N–H and O–H groups in total. The van der Waals surface area contributed by atoms with Crippen LogP contribution < -0.4 is 0 Å². The van der Waals surface area contributed by atoms with E-state index in [4.69, 9.17) is 4.74 Å². The molecular formula is C18H35O. The lowest BCUT2D eigenvalue weighted by Crippen LogP contribution is -2.17. The highest BCUT2D eigenvalue weighted by molar-refractivity contribution is 4.85. The van der Waals surface area contributed by atoms with Crippen LogP contribution in [0.4, 0.5) is 0 Å². The van der Waals surface area contributed by atoms with E-state index in [1.54, 1.807) is 0 Å². The summed E-state index contributed by atoms with van der Waals surface area (Å²) in [6.45, 7) is 3.27. The second kappa shape index (κ2) is 13.0. The Balaban J connectivity index is 1.62. The van der Waals surface area contributed by atoms with Gasteiger partial charge in [-0.3, -0.25) is 0 Å². The zero-order valence-electron chi connectivity index (χ0n) is 13.2. The highest BCUT2D eigenvalue weighted by Gasteiger charge is 2.17. The van der Waals surface area contributed by atoms with Crippen molar-refractivity contribution in [2.45, 2.75) is 103 Å². The standard InChI is InChI=1S/C18H35O/c1-2-3-4-5-6-7-8-9-10-11-12-13-14-15-18-16-17-19-18/h2-17H2,1H3. The van der Waals surface area contributed by atoms with Gasteiger partial charge in [0.2, 0.25) is 0 Å². The van der Waals surface area contributed by atoms with Crippen LogP contribution in [0.3, 0.4) is 0 Å². The molecule has 1 heteroatoms. The zero-order chi connectivity index (χ0) is 13.6. The fourth-order valence-corrected chi connectivity index (χ4v) is 2.78. The van der Waals surface area contributed by atoms with Crippen molar-refractivity contribution in [3.05, 3.63) is 6.10 Å². The first kappa shape index (κ1) is 17.0. The number of hydrogen-bond acceptors (Lipinski definition) is 1. The van der Waals surface area contributed by atoms with Crippen LogP contribution in [0.5, 0.6) is 0 Å². The van der Waals surface area contributed by atoms with E-state index in [1.165, 1.54) is 102 Å². The fourth-order valence-electron chi connectivity index (χ4n) is 2.78. The van der Waals surface area contributed by atoms with E-state index in [0.717, 1.165) is 6.61 Å². The Kier molecular flexibility index (Phi) is 11.6. The maximum Gasteiger partial charge on any atom is 0.0993 e. The van der Waals surface area contributed by atoms with E-state index in [-0.39, 0.29) is 0 Å². The quantitative estimate of drug-likeness (QED) is 0.330. The van der Waals surface area contributed by atoms with Crippen molar-refractivity contribution in [3.8, 4) is 0 Å². The van der Waals surface area contributed by atoms with Crippen molar-refractivity contribution >= 4 is 0 Å². The highest BCUT2D eigenvalue weighted by Crippen LogP contribution is 2.25. The summed E-state index contributed by atoms with van der Waals surface area (Å²) in [5, 5.41) is 0. The third-order valence-corrected chi connectivity index (χ3v) is 4.25. The lowest BCUT2D eigenvalue weighted by atomic mass is 10.0. The van der Waals surface area contributed by atoms with E-state index in [1.807, 2.05) is 0 Å². The average molecular weight is 267 g/mol. The summed E-state index contributed by atoms with van der Waals surface area (Å²) >= 11 is 0. The van der Waals surface area contributed by atoms with Gasteiger partial charge in [0.25, 0.3) is 0 Å². The van der Waals surface area contributed by atoms with Gasteiger partial charge in [0.05, 0.1) is 12.7 Å². The molecule has 1 saturated heterocycles. The summed E-state index contributed by atoms with van der Waals surface area (Å²) in [5.41, 5.74) is 0. The summed E-state index contributed by atoms with van der Waals surface area (Å²) in [6, 6.07) is 0. The van der Waals surface area contributed by atoms with Crippen molar-refractivity contribution in [3.63, 3.8) is 0 Å². The van der Waals surface area contributed by atoms with E-state index in [0.29, 0.717) is 0 Å². The molecule has 1 nitrogen and oxygen atoms in total. The molecule has 0 bridgehead atoms. The van der Waals surface area contributed by atoms with Crippen molar-refractivity contribution in [2.24, 2.45) is 0 Å². The first-order valence-corrected chi connectivity index (χ1v) is 8.91. The first-order valence-electron chi connectivity index (χ1n) is 8.91. The maximum absolute atomic E-state index is 5.35. The molecule has 1 fully saturated rings. The Morgan fingerprint density at radius 2 is 1.11 bits per heavy atom. The predicted molar refractivity (Wildman–Crippen MR) is 84.1 cm³/mol. The van der Waals surface area contributed by atoms with Crippen LogP contribution in [0.2, 0.25) is 0 Å². The van der Waals surface area contributed by atoms with Gasteiger partial charge in [0.15, 0.2) is 0 Å². The first-order chi connectivity index (χ1) is 9.43. The molecule has 0 atom stereocenters. The molecule has 1 heterocycles. The number of unbranched alkanes of at least 4 members (excludes halogenated alkanes) is 12. The number of hydrogen-bond donors (Lipinski definition) is 0. The molecule has 0 aromatic carbocycles. The molecule has 0 amide bonds. The predicted octanol–water partition coefficient (Wildman–Crippen LogP) is 6.42. The molecule has 19 heavy (non-hydrogen) atoms. The minimum atomic E-state index is 0.980. The smallest absolute Gasteiger partial charge is 0.0993 e. The molecular weight excluding hydrogens is 232 g/mol. The van der Waals surface area contributed by atoms with Crippen molar-refractivity contribution < 1.29 is 4.74 Å². The highest BCUT2D eigenvalue weighted by atomic mass is 16.5. The van der Waals surface area contributed by atoms with Gasteiger partial charge in [0.1, 0.15) is 0 Å². The lowest BCUT2D eigenvalue weighted by molar-refractivity contribution is 0.0337. The second-order valence-electron chi connectivity index (χ2n) is 6.13. The molecule has 0 aromatic heterocycles. The minimum Gasteiger partial charge on any atom is -0.372 e. The average Bonchev–Trinajstić information content (AvgIpc) is 2.37. The molecule has 113 valence electrons. The molecule has 1 aliphatic heterocycles. The largest absolute Gasteiger partial charge is 0.372 e. The molecule has 1 rings (SSSR count). The van der Waals surface area contributed by atoms with Crippen LogP contribution in [0.1, 0.15) is 103 Å². The van der Waals surface area contributed by atoms with Gasteiger partial charge in [-0.1, -0.05) is 90.4 Å². The van der Waals surface area contributed by atoms with E-state index >= 15 is 0 Å². The number of rotatable bonds is 14. The van der Waals surface area contributed by atoms with E-state index in [9.17, 15) is 0 Å². The van der Waals surface area contributed by atoms with Gasteiger partial charge in [0, 0.05) is 6.42 Å². The maximum atomic E-state index is 5.35. The Morgan fingerprint density at radius 3 is 1.47 bits per heavy atom. The Labute approximate surface area is 121 Å². The fraction of sp³-hybridized carbons (Fsp3) is 0.944. The zero-order valence-corrected chi connectivity index (χ0v) is 13.2. The molecule has 0 aromatic rings. The molecule has 0 aliphatic carbocycles. The topological polar surface area (TPSA) is 9.23 Å². The van der Waals surface area contributed by atoms with Crippen molar-refractivity contribution in [1.82, 2.24) is 0 Å². The molecule has 0 spiro atoms. The van der Waals surface area contributed by atoms with Gasteiger partial charge >= 0.3 is 0 Å². The lowest BCUT2D eigenvalue weighted by Gasteiger charge is -2.24. The summed E-state index contributed by atoms with van der Waals surface area (Å²) in [5.74, 6) is 0. The Morgan fingerprint density at radius 1 is 0.684 bits per heavy atom.